The third-order valence-corrected chi connectivity index (χ3v) is 6.61. The van der Waals surface area contributed by atoms with Gasteiger partial charge in [0, 0.05) is 48.1 Å². The molecule has 1 amide bonds. The van der Waals surface area contributed by atoms with E-state index in [-0.39, 0.29) is 11.3 Å². The number of ketones is 1. The third kappa shape index (κ3) is 4.04. The van der Waals surface area contributed by atoms with E-state index in [0.717, 1.165) is 35.3 Å². The van der Waals surface area contributed by atoms with E-state index in [1.807, 2.05) is 62.6 Å². The Hall–Kier alpha value is -3.81. The maximum Gasteiger partial charge on any atom is 0.230 e. The first kappa shape index (κ1) is 21.1. The number of fused-ring (bicyclic) bond motifs is 1. The van der Waals surface area contributed by atoms with E-state index in [9.17, 15) is 9.59 Å². The van der Waals surface area contributed by atoms with Crippen molar-refractivity contribution in [1.82, 2.24) is 19.5 Å². The lowest BCUT2D eigenvalue weighted by atomic mass is 9.51. The average Bonchev–Trinajstić information content (AvgIpc) is 3.40. The Morgan fingerprint density at radius 2 is 2.00 bits per heavy atom. The van der Waals surface area contributed by atoms with Gasteiger partial charge in [0.1, 0.15) is 11.4 Å². The molecule has 3 heterocycles. The zero-order chi connectivity index (χ0) is 23.0. The minimum Gasteiger partial charge on any atom is -0.339 e. The first-order valence-corrected chi connectivity index (χ1v) is 11.0. The Balaban J connectivity index is 0.000000190. The monoisotopic (exact) mass is 443 g/mol. The van der Waals surface area contributed by atoms with Crippen molar-refractivity contribution in [3.05, 3.63) is 65.9 Å². The van der Waals surface area contributed by atoms with Crippen molar-refractivity contribution in [2.75, 3.05) is 5.32 Å². The summed E-state index contributed by atoms with van der Waals surface area (Å²) in [6, 6.07) is 11.6. The maximum absolute atomic E-state index is 11.2. The number of Topliss-reactive ketones (excluding diaryl/α,β-unsaturated/α-hetero) is 1. The molecule has 2 fully saturated rings. The van der Waals surface area contributed by atoms with E-state index in [1.54, 1.807) is 0 Å². The second-order valence-electron chi connectivity index (χ2n) is 9.07. The molecule has 0 aliphatic heterocycles. The minimum absolute atomic E-state index is 0.224. The lowest BCUT2D eigenvalue weighted by molar-refractivity contribution is -0.139. The predicted octanol–water partition coefficient (Wildman–Crippen LogP) is 4.48. The number of hydrogen-bond donors (Lipinski definition) is 1. The van der Waals surface area contributed by atoms with Crippen molar-refractivity contribution < 1.29 is 14.1 Å². The fraction of sp³-hybridized carbons (Fsp3) is 0.320. The molecule has 0 bridgehead atoms. The van der Waals surface area contributed by atoms with Crippen molar-refractivity contribution in [3.63, 3.8) is 0 Å². The van der Waals surface area contributed by atoms with Gasteiger partial charge in [0.2, 0.25) is 18.1 Å². The summed E-state index contributed by atoms with van der Waals surface area (Å²) >= 11 is 0. The molecular weight excluding hydrogens is 418 g/mol. The van der Waals surface area contributed by atoms with Crippen LogP contribution in [0.4, 0.5) is 5.69 Å². The zero-order valence-corrected chi connectivity index (χ0v) is 18.6. The zero-order valence-electron chi connectivity index (χ0n) is 18.6. The van der Waals surface area contributed by atoms with Crippen LogP contribution < -0.4 is 5.32 Å². The van der Waals surface area contributed by atoms with Crippen molar-refractivity contribution >= 4 is 23.5 Å². The molecule has 3 aromatic heterocycles. The Morgan fingerprint density at radius 3 is 2.73 bits per heavy atom. The number of nitrogens with one attached hydrogen (secondary N) is 1. The molecule has 0 radical (unpaired) electrons. The number of amides is 1. The van der Waals surface area contributed by atoms with Gasteiger partial charge in [-0.25, -0.2) is 4.98 Å². The SMILES string of the molecule is Cc1ccc(-c2noc(C3CC4(CC(=O)C4)C3)n2)cc1NC=O.Cc1cnc2ccccn12. The average molecular weight is 444 g/mol. The van der Waals surface area contributed by atoms with Crippen molar-refractivity contribution in [1.29, 1.82) is 0 Å². The summed E-state index contributed by atoms with van der Waals surface area (Å²) in [6.45, 7) is 3.96. The molecule has 2 aliphatic rings. The summed E-state index contributed by atoms with van der Waals surface area (Å²) in [5.74, 6) is 1.81. The van der Waals surface area contributed by atoms with Gasteiger partial charge in [-0.2, -0.15) is 4.98 Å². The summed E-state index contributed by atoms with van der Waals surface area (Å²) in [6.07, 6.45) is 7.89. The fourth-order valence-electron chi connectivity index (χ4n) is 4.79. The van der Waals surface area contributed by atoms with Crippen LogP contribution in [0.5, 0.6) is 0 Å². The van der Waals surface area contributed by atoms with Crippen LogP contribution in [-0.4, -0.2) is 31.7 Å². The molecule has 2 saturated carbocycles. The lowest BCUT2D eigenvalue weighted by Crippen LogP contribution is -2.46. The highest BCUT2D eigenvalue weighted by atomic mass is 16.5. The van der Waals surface area contributed by atoms with E-state index >= 15 is 0 Å². The minimum atomic E-state index is 0.224. The van der Waals surface area contributed by atoms with Crippen LogP contribution in [0, 0.1) is 19.3 Å². The summed E-state index contributed by atoms with van der Waals surface area (Å²) in [5, 5.41) is 6.73. The van der Waals surface area contributed by atoms with Gasteiger partial charge in [-0.05, 0) is 55.9 Å². The standard InChI is InChI=1S/C17H17N3O3.C8H8N2/c1-10-2-3-11(4-14(10)18-9-21)15-19-16(23-20-15)12-5-17(6-12)7-13(22)8-17;1-7-6-9-8-4-2-3-5-10(7)8/h2-4,9,12H,5-8H2,1H3,(H,18,21);2-6H,1H3. The lowest BCUT2D eigenvalue weighted by Gasteiger charge is -2.51. The molecule has 0 atom stereocenters. The van der Waals surface area contributed by atoms with E-state index in [4.69, 9.17) is 4.52 Å². The van der Waals surface area contributed by atoms with Gasteiger partial charge in [0.05, 0.1) is 0 Å². The smallest absolute Gasteiger partial charge is 0.230 e. The topological polar surface area (TPSA) is 102 Å². The Morgan fingerprint density at radius 1 is 1.18 bits per heavy atom. The van der Waals surface area contributed by atoms with Crippen molar-refractivity contribution in [2.24, 2.45) is 5.41 Å². The third-order valence-electron chi connectivity index (χ3n) is 6.61. The molecule has 1 spiro atoms. The summed E-state index contributed by atoms with van der Waals surface area (Å²) in [7, 11) is 0. The number of carbonyl (C=O) groups is 2. The van der Waals surface area contributed by atoms with Crippen LogP contribution in [0.3, 0.4) is 0 Å². The molecule has 6 rings (SSSR count). The number of benzene rings is 1. The first-order valence-electron chi connectivity index (χ1n) is 11.0. The predicted molar refractivity (Wildman–Crippen MR) is 123 cm³/mol. The molecule has 0 unspecified atom stereocenters. The van der Waals surface area contributed by atoms with Gasteiger partial charge in [-0.1, -0.05) is 23.4 Å². The normalized spacial score (nSPS) is 16.6. The molecule has 168 valence electrons. The molecule has 2 aliphatic carbocycles. The summed E-state index contributed by atoms with van der Waals surface area (Å²) in [5.41, 5.74) is 4.93. The Bertz CT molecular complexity index is 1320. The Kier molecular flexibility index (Phi) is 5.28. The highest BCUT2D eigenvalue weighted by Gasteiger charge is 2.54. The molecule has 4 aromatic rings. The number of aromatic nitrogens is 4. The molecule has 8 nitrogen and oxygen atoms in total. The van der Waals surface area contributed by atoms with Crippen LogP contribution in [-0.2, 0) is 9.59 Å². The number of nitrogens with zero attached hydrogens (tertiary/aromatic N) is 4. The highest BCUT2D eigenvalue weighted by Crippen LogP contribution is 2.60. The van der Waals surface area contributed by atoms with Gasteiger partial charge < -0.3 is 14.2 Å². The second kappa shape index (κ2) is 8.27. The van der Waals surface area contributed by atoms with Crippen LogP contribution >= 0.6 is 0 Å². The summed E-state index contributed by atoms with van der Waals surface area (Å²) < 4.78 is 7.46. The van der Waals surface area contributed by atoms with Gasteiger partial charge >= 0.3 is 0 Å². The van der Waals surface area contributed by atoms with Crippen LogP contribution in [0.2, 0.25) is 0 Å². The van der Waals surface area contributed by atoms with Gasteiger partial charge in [0.15, 0.2) is 0 Å². The van der Waals surface area contributed by atoms with Gasteiger partial charge in [-0.3, -0.25) is 9.59 Å². The number of aryl methyl sites for hydroxylation is 2. The van der Waals surface area contributed by atoms with E-state index in [1.165, 1.54) is 5.69 Å². The summed E-state index contributed by atoms with van der Waals surface area (Å²) in [4.78, 5) is 30.5. The highest BCUT2D eigenvalue weighted by molar-refractivity contribution is 5.86. The Labute approximate surface area is 191 Å². The van der Waals surface area contributed by atoms with Gasteiger partial charge in [0.25, 0.3) is 0 Å². The fourth-order valence-corrected chi connectivity index (χ4v) is 4.79. The van der Waals surface area contributed by atoms with Crippen LogP contribution in [0.25, 0.3) is 17.0 Å². The number of rotatable bonds is 4. The first-order chi connectivity index (χ1) is 16.0. The van der Waals surface area contributed by atoms with E-state index in [2.05, 4.69) is 24.8 Å². The molecule has 1 N–H and O–H groups in total. The number of anilines is 1. The number of imidazole rings is 1. The molecule has 8 heteroatoms. The second-order valence-corrected chi connectivity index (χ2v) is 9.07. The maximum atomic E-state index is 11.2. The largest absolute Gasteiger partial charge is 0.339 e. The number of hydrogen-bond acceptors (Lipinski definition) is 6. The molecular formula is C25H25N5O3. The van der Waals surface area contributed by atoms with E-state index < -0.39 is 0 Å². The number of carbonyl (C=O) groups excluding carboxylic acids is 2. The van der Waals surface area contributed by atoms with Crippen molar-refractivity contribution in [3.8, 4) is 11.4 Å². The molecule has 1 aromatic carbocycles. The van der Waals surface area contributed by atoms with Crippen LogP contribution in [0.15, 0.2) is 53.3 Å². The van der Waals surface area contributed by atoms with E-state index in [0.29, 0.717) is 36.8 Å². The number of pyridine rings is 1. The van der Waals surface area contributed by atoms with Crippen LogP contribution in [0.1, 0.15) is 48.7 Å². The molecule has 33 heavy (non-hydrogen) atoms. The van der Waals surface area contributed by atoms with Gasteiger partial charge in [-0.15, -0.1) is 0 Å². The quantitative estimate of drug-likeness (QED) is 0.467. The molecule has 0 saturated heterocycles. The van der Waals surface area contributed by atoms with Crippen molar-refractivity contribution in [2.45, 2.75) is 45.4 Å².